The number of carbonyl (C=O) groups excluding carboxylic acids is 2. The number of hydrogen-bond acceptors (Lipinski definition) is 3. The molecule has 2 amide bonds. The highest BCUT2D eigenvalue weighted by Gasteiger charge is 2.35. The molecule has 1 aliphatic heterocycles. The summed E-state index contributed by atoms with van der Waals surface area (Å²) in [5.74, 6) is 0.771. The Kier molecular flexibility index (Phi) is 5.72. The molecule has 1 heterocycles. The molecule has 1 N–H and O–H groups in total. The summed E-state index contributed by atoms with van der Waals surface area (Å²) in [5.41, 5.74) is 3.88. The molecule has 2 fully saturated rings. The molecule has 28 heavy (non-hydrogen) atoms. The average molecular weight is 395 g/mol. The third kappa shape index (κ3) is 3.95. The van der Waals surface area contributed by atoms with Crippen molar-refractivity contribution >= 4 is 35.0 Å². The number of benzene rings is 2. The minimum Gasteiger partial charge on any atom is -0.325 e. The smallest absolute Gasteiger partial charge is 0.238 e. The number of amides is 2. The van der Waals surface area contributed by atoms with Crippen LogP contribution in [0, 0.1) is 12.8 Å². The average Bonchev–Trinajstić information content (AvgIpc) is 3.11. The van der Waals surface area contributed by atoms with Gasteiger partial charge in [0.2, 0.25) is 11.8 Å². The fraction of sp³-hybridized carbons (Fsp3) is 0.391. The molecule has 1 atom stereocenters. The van der Waals surface area contributed by atoms with E-state index in [1.54, 1.807) is 11.8 Å². The Morgan fingerprint density at radius 2 is 1.75 bits per heavy atom. The van der Waals surface area contributed by atoms with Crippen LogP contribution < -0.4 is 10.2 Å². The van der Waals surface area contributed by atoms with Crippen molar-refractivity contribution in [2.24, 2.45) is 5.92 Å². The van der Waals surface area contributed by atoms with E-state index in [4.69, 9.17) is 0 Å². The number of anilines is 2. The van der Waals surface area contributed by atoms with E-state index in [1.807, 2.05) is 60.4 Å². The van der Waals surface area contributed by atoms with Crippen LogP contribution >= 0.6 is 11.8 Å². The van der Waals surface area contributed by atoms with Crippen molar-refractivity contribution in [3.8, 4) is 0 Å². The highest BCUT2D eigenvalue weighted by Crippen LogP contribution is 2.44. The van der Waals surface area contributed by atoms with Gasteiger partial charge in [0, 0.05) is 22.9 Å². The van der Waals surface area contributed by atoms with Gasteiger partial charge < -0.3 is 5.32 Å². The van der Waals surface area contributed by atoms with E-state index in [2.05, 4.69) is 5.32 Å². The number of aryl methyl sites for hydroxylation is 1. The lowest BCUT2D eigenvalue weighted by molar-refractivity contribution is -0.120. The monoisotopic (exact) mass is 394 g/mol. The molecule has 1 aliphatic carbocycles. The predicted molar refractivity (Wildman–Crippen MR) is 116 cm³/mol. The first-order valence-electron chi connectivity index (χ1n) is 10.0. The van der Waals surface area contributed by atoms with Gasteiger partial charge in [0.1, 0.15) is 5.37 Å². The fourth-order valence-electron chi connectivity index (χ4n) is 4.06. The maximum atomic E-state index is 12.8. The molecule has 2 aliphatic rings. The van der Waals surface area contributed by atoms with Crippen LogP contribution in [0.1, 0.15) is 48.6 Å². The van der Waals surface area contributed by atoms with Crippen LogP contribution in [-0.4, -0.2) is 17.6 Å². The van der Waals surface area contributed by atoms with Crippen LogP contribution in [0.15, 0.2) is 48.5 Å². The van der Waals surface area contributed by atoms with Gasteiger partial charge in [0.15, 0.2) is 0 Å². The molecular weight excluding hydrogens is 368 g/mol. The molecule has 0 spiro atoms. The van der Waals surface area contributed by atoms with Gasteiger partial charge in [-0.2, -0.15) is 0 Å². The van der Waals surface area contributed by atoms with Gasteiger partial charge in [0.25, 0.3) is 0 Å². The number of nitrogens with one attached hydrogen (secondary N) is 1. The molecule has 2 aromatic carbocycles. The lowest BCUT2D eigenvalue weighted by Crippen LogP contribution is -2.29. The van der Waals surface area contributed by atoms with Crippen LogP contribution in [0.5, 0.6) is 0 Å². The zero-order chi connectivity index (χ0) is 19.5. The summed E-state index contributed by atoms with van der Waals surface area (Å²) in [7, 11) is 0. The van der Waals surface area contributed by atoms with Gasteiger partial charge in [-0.1, -0.05) is 55.2 Å². The minimum absolute atomic E-state index is 0.104. The van der Waals surface area contributed by atoms with Crippen LogP contribution in [0.2, 0.25) is 0 Å². The lowest BCUT2D eigenvalue weighted by atomic mass is 9.88. The molecule has 4 nitrogen and oxygen atoms in total. The zero-order valence-corrected chi connectivity index (χ0v) is 17.0. The molecule has 2 aromatic rings. The van der Waals surface area contributed by atoms with Crippen molar-refractivity contribution < 1.29 is 9.59 Å². The number of hydrogen-bond donors (Lipinski definition) is 1. The molecule has 4 rings (SSSR count). The van der Waals surface area contributed by atoms with Gasteiger partial charge in [0.05, 0.1) is 5.75 Å². The maximum Gasteiger partial charge on any atom is 0.238 e. The first-order chi connectivity index (χ1) is 13.6. The van der Waals surface area contributed by atoms with E-state index in [9.17, 15) is 9.59 Å². The topological polar surface area (TPSA) is 49.4 Å². The Bertz CT molecular complexity index is 859. The minimum atomic E-state index is -0.127. The molecule has 146 valence electrons. The van der Waals surface area contributed by atoms with Gasteiger partial charge in [-0.25, -0.2) is 0 Å². The third-order valence-corrected chi connectivity index (χ3v) is 6.83. The summed E-state index contributed by atoms with van der Waals surface area (Å²) in [6.45, 7) is 2.04. The molecule has 1 saturated heterocycles. The zero-order valence-electron chi connectivity index (χ0n) is 16.2. The Balaban J connectivity index is 1.60. The highest BCUT2D eigenvalue weighted by molar-refractivity contribution is 8.00. The van der Waals surface area contributed by atoms with E-state index in [0.29, 0.717) is 5.75 Å². The van der Waals surface area contributed by atoms with Crippen molar-refractivity contribution in [3.63, 3.8) is 0 Å². The van der Waals surface area contributed by atoms with Crippen molar-refractivity contribution in [2.45, 2.75) is 44.4 Å². The Morgan fingerprint density at radius 1 is 1.04 bits per heavy atom. The van der Waals surface area contributed by atoms with E-state index >= 15 is 0 Å². The number of carbonyl (C=O) groups is 2. The summed E-state index contributed by atoms with van der Waals surface area (Å²) >= 11 is 1.61. The van der Waals surface area contributed by atoms with Gasteiger partial charge >= 0.3 is 0 Å². The summed E-state index contributed by atoms with van der Waals surface area (Å²) in [4.78, 5) is 27.3. The van der Waals surface area contributed by atoms with E-state index in [1.165, 1.54) is 12.0 Å². The number of para-hydroxylation sites is 1. The Hall–Kier alpha value is -2.27. The summed E-state index contributed by atoms with van der Waals surface area (Å²) in [6.07, 6.45) is 5.44. The number of rotatable bonds is 4. The standard InChI is InChI=1S/C23H26N2O2S/c1-16-11-13-18(14-12-16)25-21(26)15-28-23(25)19-9-5-6-10-20(19)24-22(27)17-7-3-2-4-8-17/h5-6,9-14,17,23H,2-4,7-8,15H2,1H3,(H,24,27)/t23-/m1/s1. The second kappa shape index (κ2) is 8.39. The van der Waals surface area contributed by atoms with Gasteiger partial charge in [-0.15, -0.1) is 11.8 Å². The van der Waals surface area contributed by atoms with Crippen LogP contribution in [-0.2, 0) is 9.59 Å². The van der Waals surface area contributed by atoms with Crippen molar-refractivity contribution in [2.75, 3.05) is 16.0 Å². The molecule has 0 aromatic heterocycles. The molecule has 0 bridgehead atoms. The van der Waals surface area contributed by atoms with E-state index < -0.39 is 0 Å². The normalized spacial score (nSPS) is 20.4. The van der Waals surface area contributed by atoms with E-state index in [-0.39, 0.29) is 23.1 Å². The second-order valence-electron chi connectivity index (χ2n) is 7.67. The van der Waals surface area contributed by atoms with Crippen molar-refractivity contribution in [3.05, 3.63) is 59.7 Å². The summed E-state index contributed by atoms with van der Waals surface area (Å²) in [5, 5.41) is 3.04. The van der Waals surface area contributed by atoms with E-state index in [0.717, 1.165) is 42.6 Å². The molecule has 0 radical (unpaired) electrons. The maximum absolute atomic E-state index is 12.8. The summed E-state index contributed by atoms with van der Waals surface area (Å²) < 4.78 is 0. The first-order valence-corrected chi connectivity index (χ1v) is 11.1. The highest BCUT2D eigenvalue weighted by atomic mass is 32.2. The fourth-order valence-corrected chi connectivity index (χ4v) is 5.28. The Morgan fingerprint density at radius 3 is 2.50 bits per heavy atom. The van der Waals surface area contributed by atoms with Crippen molar-refractivity contribution in [1.29, 1.82) is 0 Å². The predicted octanol–water partition coefficient (Wildman–Crippen LogP) is 5.29. The van der Waals surface area contributed by atoms with Crippen molar-refractivity contribution in [1.82, 2.24) is 0 Å². The molecule has 0 unspecified atom stereocenters. The SMILES string of the molecule is Cc1ccc(N2C(=O)CS[C@@H]2c2ccccc2NC(=O)C2CCCCC2)cc1. The van der Waals surface area contributed by atoms with Crippen LogP contribution in [0.4, 0.5) is 11.4 Å². The lowest BCUT2D eigenvalue weighted by Gasteiger charge is -2.27. The second-order valence-corrected chi connectivity index (χ2v) is 8.74. The van der Waals surface area contributed by atoms with Crippen LogP contribution in [0.3, 0.4) is 0 Å². The molecule has 1 saturated carbocycles. The van der Waals surface area contributed by atoms with Gasteiger partial charge in [-0.3, -0.25) is 14.5 Å². The number of thioether (sulfide) groups is 1. The Labute approximate surface area is 170 Å². The molecule has 5 heteroatoms. The molecular formula is C23H26N2O2S. The summed E-state index contributed by atoms with van der Waals surface area (Å²) in [6, 6.07) is 15.9. The largest absolute Gasteiger partial charge is 0.325 e. The van der Waals surface area contributed by atoms with Crippen LogP contribution in [0.25, 0.3) is 0 Å². The first kappa shape index (κ1) is 19.1. The van der Waals surface area contributed by atoms with Gasteiger partial charge in [-0.05, 0) is 38.0 Å². The number of nitrogens with zero attached hydrogens (tertiary/aromatic N) is 1. The quantitative estimate of drug-likeness (QED) is 0.766. The third-order valence-electron chi connectivity index (χ3n) is 5.64.